The Morgan fingerprint density at radius 2 is 2.22 bits per heavy atom. The van der Waals surface area contributed by atoms with E-state index in [2.05, 4.69) is 5.32 Å². The molecular formula is C13H16N2O3. The van der Waals surface area contributed by atoms with Crippen molar-refractivity contribution in [3.63, 3.8) is 0 Å². The minimum absolute atomic E-state index is 0.253. The van der Waals surface area contributed by atoms with Crippen LogP contribution in [0.3, 0.4) is 0 Å². The molecule has 4 N–H and O–H groups in total. The summed E-state index contributed by atoms with van der Waals surface area (Å²) in [6.07, 6.45) is 3.06. The SMILES string of the molecule is CC[C@H](N)C(=O)Nc1cccc(/C=C/C(=O)O)c1. The van der Waals surface area contributed by atoms with Crippen LogP contribution in [0.25, 0.3) is 6.08 Å². The molecule has 1 aromatic rings. The quantitative estimate of drug-likeness (QED) is 0.688. The molecule has 1 atom stereocenters. The molecule has 0 saturated carbocycles. The van der Waals surface area contributed by atoms with Crippen molar-refractivity contribution in [3.8, 4) is 0 Å². The first-order chi connectivity index (χ1) is 8.52. The molecular weight excluding hydrogens is 232 g/mol. The molecule has 0 aromatic heterocycles. The number of carbonyl (C=O) groups excluding carboxylic acids is 1. The molecule has 18 heavy (non-hydrogen) atoms. The maximum Gasteiger partial charge on any atom is 0.328 e. The fourth-order valence-corrected chi connectivity index (χ4v) is 1.31. The molecule has 0 fully saturated rings. The average molecular weight is 248 g/mol. The van der Waals surface area contributed by atoms with Crippen molar-refractivity contribution in [3.05, 3.63) is 35.9 Å². The number of nitrogens with two attached hydrogens (primary N) is 1. The lowest BCUT2D eigenvalue weighted by Crippen LogP contribution is -2.34. The summed E-state index contributed by atoms with van der Waals surface area (Å²) in [5.74, 6) is -1.27. The van der Waals surface area contributed by atoms with Crippen LogP contribution in [0.4, 0.5) is 5.69 Å². The van der Waals surface area contributed by atoms with Gasteiger partial charge in [0.2, 0.25) is 5.91 Å². The van der Waals surface area contributed by atoms with Crippen LogP contribution < -0.4 is 11.1 Å². The van der Waals surface area contributed by atoms with E-state index in [4.69, 9.17) is 10.8 Å². The molecule has 0 bridgehead atoms. The summed E-state index contributed by atoms with van der Waals surface area (Å²) in [5, 5.41) is 11.2. The van der Waals surface area contributed by atoms with Gasteiger partial charge in [-0.2, -0.15) is 0 Å². The summed E-state index contributed by atoms with van der Waals surface area (Å²) in [5.41, 5.74) is 6.89. The largest absolute Gasteiger partial charge is 0.478 e. The minimum atomic E-state index is -1.02. The van der Waals surface area contributed by atoms with E-state index in [-0.39, 0.29) is 5.91 Å². The van der Waals surface area contributed by atoms with Crippen molar-refractivity contribution in [1.29, 1.82) is 0 Å². The van der Waals surface area contributed by atoms with E-state index in [1.807, 2.05) is 6.92 Å². The van der Waals surface area contributed by atoms with Crippen LogP contribution >= 0.6 is 0 Å². The average Bonchev–Trinajstić information content (AvgIpc) is 2.35. The number of rotatable bonds is 5. The van der Waals surface area contributed by atoms with Gasteiger partial charge in [-0.3, -0.25) is 4.79 Å². The number of benzene rings is 1. The second kappa shape index (κ2) is 6.56. The lowest BCUT2D eigenvalue weighted by Gasteiger charge is -2.10. The first kappa shape index (κ1) is 13.9. The van der Waals surface area contributed by atoms with Gasteiger partial charge in [0.05, 0.1) is 6.04 Å². The van der Waals surface area contributed by atoms with Crippen molar-refractivity contribution in [2.75, 3.05) is 5.32 Å². The Balaban J connectivity index is 2.76. The first-order valence-corrected chi connectivity index (χ1v) is 5.60. The molecule has 0 spiro atoms. The van der Waals surface area contributed by atoms with Gasteiger partial charge in [-0.15, -0.1) is 0 Å². The van der Waals surface area contributed by atoms with Gasteiger partial charge in [-0.05, 0) is 30.2 Å². The first-order valence-electron chi connectivity index (χ1n) is 5.60. The Morgan fingerprint density at radius 3 is 2.83 bits per heavy atom. The Hall–Kier alpha value is -2.14. The highest BCUT2D eigenvalue weighted by atomic mass is 16.4. The van der Waals surface area contributed by atoms with Crippen LogP contribution in [-0.2, 0) is 9.59 Å². The second-order valence-electron chi connectivity index (χ2n) is 3.80. The summed E-state index contributed by atoms with van der Waals surface area (Å²) in [6.45, 7) is 1.83. The predicted molar refractivity (Wildman–Crippen MR) is 70.0 cm³/mol. The smallest absolute Gasteiger partial charge is 0.328 e. The molecule has 1 amide bonds. The van der Waals surface area contributed by atoms with Gasteiger partial charge in [-0.25, -0.2) is 4.79 Å². The highest BCUT2D eigenvalue weighted by molar-refractivity contribution is 5.95. The summed E-state index contributed by atoms with van der Waals surface area (Å²) in [7, 11) is 0. The molecule has 96 valence electrons. The third kappa shape index (κ3) is 4.39. The fourth-order valence-electron chi connectivity index (χ4n) is 1.31. The zero-order valence-electron chi connectivity index (χ0n) is 10.1. The highest BCUT2D eigenvalue weighted by Crippen LogP contribution is 2.12. The molecule has 0 heterocycles. The van der Waals surface area contributed by atoms with Crippen molar-refractivity contribution in [2.24, 2.45) is 5.73 Å². The number of hydrogen-bond donors (Lipinski definition) is 3. The Morgan fingerprint density at radius 1 is 1.50 bits per heavy atom. The Labute approximate surface area is 105 Å². The van der Waals surface area contributed by atoms with Gasteiger partial charge in [0.15, 0.2) is 0 Å². The molecule has 5 heteroatoms. The molecule has 1 rings (SSSR count). The molecule has 1 aromatic carbocycles. The summed E-state index contributed by atoms with van der Waals surface area (Å²) in [6, 6.07) is 6.34. The number of anilines is 1. The number of carbonyl (C=O) groups is 2. The number of hydrogen-bond acceptors (Lipinski definition) is 3. The van der Waals surface area contributed by atoms with Crippen molar-refractivity contribution >= 4 is 23.6 Å². The third-order valence-corrected chi connectivity index (χ3v) is 2.35. The summed E-state index contributed by atoms with van der Waals surface area (Å²) >= 11 is 0. The Kier molecular flexibility index (Phi) is 5.07. The van der Waals surface area contributed by atoms with Crippen LogP contribution in [0.5, 0.6) is 0 Å². The number of carboxylic acid groups (broad SMARTS) is 1. The molecule has 0 aliphatic rings. The van der Waals surface area contributed by atoms with Gasteiger partial charge in [0.1, 0.15) is 0 Å². The monoisotopic (exact) mass is 248 g/mol. The molecule has 5 nitrogen and oxygen atoms in total. The number of carboxylic acids is 1. The van der Waals surface area contributed by atoms with E-state index in [0.717, 1.165) is 6.08 Å². The predicted octanol–water partition coefficient (Wildman–Crippen LogP) is 1.46. The standard InChI is InChI=1S/C13H16N2O3/c1-2-11(14)13(18)15-10-5-3-4-9(8-10)6-7-12(16)17/h3-8,11H,2,14H2,1H3,(H,15,18)(H,16,17)/b7-6+/t11-/m0/s1. The Bertz CT molecular complexity index is 469. The van der Waals surface area contributed by atoms with E-state index in [1.165, 1.54) is 6.08 Å². The summed E-state index contributed by atoms with van der Waals surface area (Å²) < 4.78 is 0. The van der Waals surface area contributed by atoms with Gasteiger partial charge in [0, 0.05) is 11.8 Å². The lowest BCUT2D eigenvalue weighted by molar-refractivity contribution is -0.131. The maximum atomic E-state index is 11.6. The van der Waals surface area contributed by atoms with Gasteiger partial charge in [0.25, 0.3) is 0 Å². The van der Waals surface area contributed by atoms with Crippen LogP contribution in [0.2, 0.25) is 0 Å². The fraction of sp³-hybridized carbons (Fsp3) is 0.231. The van der Waals surface area contributed by atoms with E-state index in [9.17, 15) is 9.59 Å². The molecule has 0 unspecified atom stereocenters. The van der Waals surface area contributed by atoms with Crippen LogP contribution in [0.15, 0.2) is 30.3 Å². The van der Waals surface area contributed by atoms with Crippen LogP contribution in [-0.4, -0.2) is 23.0 Å². The molecule has 0 radical (unpaired) electrons. The zero-order valence-corrected chi connectivity index (χ0v) is 10.1. The van der Waals surface area contributed by atoms with Gasteiger partial charge >= 0.3 is 5.97 Å². The van der Waals surface area contributed by atoms with Crippen molar-refractivity contribution < 1.29 is 14.7 Å². The van der Waals surface area contributed by atoms with Crippen LogP contribution in [0, 0.1) is 0 Å². The van der Waals surface area contributed by atoms with Crippen LogP contribution in [0.1, 0.15) is 18.9 Å². The molecule has 0 aliphatic heterocycles. The number of nitrogens with one attached hydrogen (secondary N) is 1. The van der Waals surface area contributed by atoms with Gasteiger partial charge in [-0.1, -0.05) is 19.1 Å². The third-order valence-electron chi connectivity index (χ3n) is 2.35. The van der Waals surface area contributed by atoms with E-state index >= 15 is 0 Å². The van der Waals surface area contributed by atoms with Crippen molar-refractivity contribution in [2.45, 2.75) is 19.4 Å². The van der Waals surface area contributed by atoms with E-state index in [0.29, 0.717) is 17.7 Å². The summed E-state index contributed by atoms with van der Waals surface area (Å²) in [4.78, 5) is 22.0. The minimum Gasteiger partial charge on any atom is -0.478 e. The second-order valence-corrected chi connectivity index (χ2v) is 3.80. The molecule has 0 aliphatic carbocycles. The van der Waals surface area contributed by atoms with Crippen molar-refractivity contribution in [1.82, 2.24) is 0 Å². The topological polar surface area (TPSA) is 92.4 Å². The van der Waals surface area contributed by atoms with Gasteiger partial charge < -0.3 is 16.2 Å². The normalized spacial score (nSPS) is 12.3. The number of amides is 1. The highest BCUT2D eigenvalue weighted by Gasteiger charge is 2.10. The maximum absolute atomic E-state index is 11.6. The molecule has 0 saturated heterocycles. The lowest BCUT2D eigenvalue weighted by atomic mass is 10.1. The van der Waals surface area contributed by atoms with E-state index in [1.54, 1.807) is 24.3 Å². The number of aliphatic carboxylic acids is 1. The van der Waals surface area contributed by atoms with E-state index < -0.39 is 12.0 Å². The zero-order chi connectivity index (χ0) is 13.5.